The summed E-state index contributed by atoms with van der Waals surface area (Å²) >= 11 is 3.37. The molecular formula is C11H14BrN3O. The number of rotatable bonds is 2. The van der Waals surface area contributed by atoms with Gasteiger partial charge in [0.2, 0.25) is 0 Å². The highest BCUT2D eigenvalue weighted by atomic mass is 79.9. The van der Waals surface area contributed by atoms with Crippen molar-refractivity contribution in [2.45, 2.75) is 33.0 Å². The van der Waals surface area contributed by atoms with E-state index in [1.54, 1.807) is 6.20 Å². The second-order valence-corrected chi connectivity index (χ2v) is 5.52. The summed E-state index contributed by atoms with van der Waals surface area (Å²) in [4.78, 5) is 11.7. The van der Waals surface area contributed by atoms with E-state index < -0.39 is 0 Å². The molecule has 0 saturated heterocycles. The number of halogens is 1. The van der Waals surface area contributed by atoms with Gasteiger partial charge < -0.3 is 9.72 Å². The summed E-state index contributed by atoms with van der Waals surface area (Å²) in [6.45, 7) is 6.52. The Hall–Kier alpha value is -0.940. The largest absolute Gasteiger partial charge is 0.368 e. The van der Waals surface area contributed by atoms with Gasteiger partial charge in [0.25, 0.3) is 0 Å². The zero-order chi connectivity index (χ0) is 11.8. The van der Waals surface area contributed by atoms with E-state index in [1.807, 2.05) is 26.8 Å². The Kier molecular flexibility index (Phi) is 2.99. The van der Waals surface area contributed by atoms with Crippen LogP contribution in [0, 0.1) is 0 Å². The minimum absolute atomic E-state index is 0.160. The maximum absolute atomic E-state index is 5.64. The van der Waals surface area contributed by atoms with Crippen LogP contribution < -0.4 is 0 Å². The zero-order valence-electron chi connectivity index (χ0n) is 9.54. The normalized spacial score (nSPS) is 12.2. The molecule has 0 spiro atoms. The van der Waals surface area contributed by atoms with E-state index in [1.165, 1.54) is 0 Å². The van der Waals surface area contributed by atoms with Crippen molar-refractivity contribution in [1.82, 2.24) is 15.0 Å². The number of hydrogen-bond acceptors (Lipinski definition) is 3. The Balaban J connectivity index is 2.20. The van der Waals surface area contributed by atoms with E-state index in [0.717, 1.165) is 21.5 Å². The van der Waals surface area contributed by atoms with Crippen molar-refractivity contribution in [3.63, 3.8) is 0 Å². The Labute approximate surface area is 103 Å². The van der Waals surface area contributed by atoms with Crippen LogP contribution in [0.4, 0.5) is 0 Å². The van der Waals surface area contributed by atoms with Crippen molar-refractivity contribution in [2.75, 3.05) is 0 Å². The molecule has 2 aromatic rings. The minimum atomic E-state index is -0.160. The van der Waals surface area contributed by atoms with Crippen LogP contribution in [-0.2, 0) is 11.3 Å². The van der Waals surface area contributed by atoms with Crippen molar-refractivity contribution < 1.29 is 4.74 Å². The van der Waals surface area contributed by atoms with Crippen molar-refractivity contribution in [3.05, 3.63) is 22.6 Å². The Morgan fingerprint density at radius 2 is 2.19 bits per heavy atom. The third kappa shape index (κ3) is 2.80. The van der Waals surface area contributed by atoms with E-state index in [4.69, 9.17) is 4.74 Å². The molecule has 0 aliphatic carbocycles. The molecule has 2 rings (SSSR count). The van der Waals surface area contributed by atoms with E-state index in [2.05, 4.69) is 30.9 Å². The first-order chi connectivity index (χ1) is 7.44. The number of hydrogen-bond donors (Lipinski definition) is 1. The Morgan fingerprint density at radius 1 is 1.44 bits per heavy atom. The lowest BCUT2D eigenvalue weighted by Crippen LogP contribution is -2.19. The molecule has 0 amide bonds. The predicted molar refractivity (Wildman–Crippen MR) is 66.1 cm³/mol. The topological polar surface area (TPSA) is 50.8 Å². The molecule has 0 saturated carbocycles. The molecule has 0 fully saturated rings. The SMILES string of the molecule is CC(C)(C)OCc1nc2ncc(Br)cc2[nH]1. The van der Waals surface area contributed by atoms with Crippen LogP contribution in [-0.4, -0.2) is 20.6 Å². The molecule has 5 heteroatoms. The second-order valence-electron chi connectivity index (χ2n) is 4.61. The standard InChI is InChI=1S/C11H14BrN3O/c1-11(2,3)16-6-9-14-8-4-7(12)5-13-10(8)15-9/h4-5H,6H2,1-3H3,(H,13,14,15). The fraction of sp³-hybridized carbons (Fsp3) is 0.455. The van der Waals surface area contributed by atoms with Gasteiger partial charge in [0.15, 0.2) is 5.65 Å². The van der Waals surface area contributed by atoms with Crippen LogP contribution in [0.1, 0.15) is 26.6 Å². The number of imidazole rings is 1. The average molecular weight is 284 g/mol. The molecule has 0 radical (unpaired) electrons. The van der Waals surface area contributed by atoms with Crippen LogP contribution in [0.25, 0.3) is 11.2 Å². The monoisotopic (exact) mass is 283 g/mol. The van der Waals surface area contributed by atoms with Crippen LogP contribution in [0.2, 0.25) is 0 Å². The Morgan fingerprint density at radius 3 is 2.88 bits per heavy atom. The maximum Gasteiger partial charge on any atom is 0.177 e. The Bertz CT molecular complexity index is 501. The third-order valence-corrected chi connectivity index (χ3v) is 2.43. The molecule has 0 aliphatic heterocycles. The number of fused-ring (bicyclic) bond motifs is 1. The first-order valence-corrected chi connectivity index (χ1v) is 5.87. The number of pyridine rings is 1. The molecule has 0 aliphatic rings. The highest BCUT2D eigenvalue weighted by Gasteiger charge is 2.12. The molecule has 1 N–H and O–H groups in total. The predicted octanol–water partition coefficient (Wildman–Crippen LogP) is 3.04. The van der Waals surface area contributed by atoms with Crippen LogP contribution in [0.3, 0.4) is 0 Å². The fourth-order valence-corrected chi connectivity index (χ4v) is 1.61. The lowest BCUT2D eigenvalue weighted by atomic mass is 10.2. The van der Waals surface area contributed by atoms with Crippen LogP contribution in [0.5, 0.6) is 0 Å². The van der Waals surface area contributed by atoms with Crippen LogP contribution >= 0.6 is 15.9 Å². The van der Waals surface area contributed by atoms with E-state index >= 15 is 0 Å². The quantitative estimate of drug-likeness (QED) is 0.922. The summed E-state index contributed by atoms with van der Waals surface area (Å²) < 4.78 is 6.58. The summed E-state index contributed by atoms with van der Waals surface area (Å²) in [5, 5.41) is 0. The van der Waals surface area contributed by atoms with Gasteiger partial charge in [-0.1, -0.05) is 0 Å². The highest BCUT2D eigenvalue weighted by molar-refractivity contribution is 9.10. The van der Waals surface area contributed by atoms with Gasteiger partial charge in [-0.2, -0.15) is 0 Å². The maximum atomic E-state index is 5.64. The molecule has 2 aromatic heterocycles. The smallest absolute Gasteiger partial charge is 0.177 e. The summed E-state index contributed by atoms with van der Waals surface area (Å²) in [7, 11) is 0. The van der Waals surface area contributed by atoms with Gasteiger partial charge in [0.05, 0.1) is 11.1 Å². The third-order valence-electron chi connectivity index (χ3n) is 2.00. The first-order valence-electron chi connectivity index (χ1n) is 5.08. The van der Waals surface area contributed by atoms with Crippen molar-refractivity contribution in [2.24, 2.45) is 0 Å². The number of aromatic amines is 1. The van der Waals surface area contributed by atoms with Gasteiger partial charge >= 0.3 is 0 Å². The fourth-order valence-electron chi connectivity index (χ4n) is 1.28. The average Bonchev–Trinajstić information content (AvgIpc) is 2.55. The van der Waals surface area contributed by atoms with E-state index in [0.29, 0.717) is 6.61 Å². The number of nitrogens with one attached hydrogen (secondary N) is 1. The molecule has 0 aromatic carbocycles. The molecular weight excluding hydrogens is 270 g/mol. The minimum Gasteiger partial charge on any atom is -0.368 e. The van der Waals surface area contributed by atoms with Crippen LogP contribution in [0.15, 0.2) is 16.7 Å². The molecule has 16 heavy (non-hydrogen) atoms. The summed E-state index contributed by atoms with van der Waals surface area (Å²) in [5.41, 5.74) is 1.48. The van der Waals surface area contributed by atoms with E-state index in [-0.39, 0.29) is 5.60 Å². The summed E-state index contributed by atoms with van der Waals surface area (Å²) in [6, 6.07) is 1.95. The van der Waals surface area contributed by atoms with Gasteiger partial charge in [-0.15, -0.1) is 0 Å². The number of H-pyrrole nitrogens is 1. The highest BCUT2D eigenvalue weighted by Crippen LogP contribution is 2.16. The number of ether oxygens (including phenoxy) is 1. The van der Waals surface area contributed by atoms with E-state index in [9.17, 15) is 0 Å². The molecule has 0 bridgehead atoms. The second kappa shape index (κ2) is 4.14. The van der Waals surface area contributed by atoms with Gasteiger partial charge in [0.1, 0.15) is 12.4 Å². The molecule has 0 unspecified atom stereocenters. The lowest BCUT2D eigenvalue weighted by molar-refractivity contribution is -0.0177. The molecule has 0 atom stereocenters. The van der Waals surface area contributed by atoms with Gasteiger partial charge in [-0.05, 0) is 42.8 Å². The van der Waals surface area contributed by atoms with Crippen molar-refractivity contribution in [1.29, 1.82) is 0 Å². The summed E-state index contributed by atoms with van der Waals surface area (Å²) in [6.07, 6.45) is 1.73. The number of nitrogens with zero attached hydrogens (tertiary/aromatic N) is 2. The molecule has 86 valence electrons. The first kappa shape index (κ1) is 11.5. The van der Waals surface area contributed by atoms with Gasteiger partial charge in [-0.25, -0.2) is 9.97 Å². The number of aromatic nitrogens is 3. The van der Waals surface area contributed by atoms with Crippen molar-refractivity contribution in [3.8, 4) is 0 Å². The van der Waals surface area contributed by atoms with Gasteiger partial charge in [0, 0.05) is 10.7 Å². The zero-order valence-corrected chi connectivity index (χ0v) is 11.1. The van der Waals surface area contributed by atoms with Crippen molar-refractivity contribution >= 4 is 27.1 Å². The summed E-state index contributed by atoms with van der Waals surface area (Å²) in [5.74, 6) is 0.801. The van der Waals surface area contributed by atoms with Gasteiger partial charge in [-0.3, -0.25) is 0 Å². The molecule has 2 heterocycles. The lowest BCUT2D eigenvalue weighted by Gasteiger charge is -2.18. The molecule has 4 nitrogen and oxygen atoms in total.